The van der Waals surface area contributed by atoms with Gasteiger partial charge >= 0.3 is 0 Å². The summed E-state index contributed by atoms with van der Waals surface area (Å²) >= 11 is 0. The highest BCUT2D eigenvalue weighted by Crippen LogP contribution is 2.23. The normalized spacial score (nSPS) is 10.9. The Balaban J connectivity index is 2.91. The molecule has 0 saturated heterocycles. The molecule has 0 spiro atoms. The Morgan fingerprint density at radius 3 is 2.46 bits per heavy atom. The molecule has 0 bridgehead atoms. The molecule has 0 fully saturated rings. The predicted octanol–water partition coefficient (Wildman–Crippen LogP) is 2.99. The Kier molecular flexibility index (Phi) is 3.29. The van der Waals surface area contributed by atoms with E-state index in [4.69, 9.17) is 4.74 Å². The van der Waals surface area contributed by atoms with Crippen molar-refractivity contribution in [2.45, 2.75) is 39.7 Å². The first-order valence-electron chi connectivity index (χ1n) is 4.73. The van der Waals surface area contributed by atoms with Gasteiger partial charge in [-0.05, 0) is 25.8 Å². The topological polar surface area (TPSA) is 22.1 Å². The van der Waals surface area contributed by atoms with Gasteiger partial charge in [-0.1, -0.05) is 19.9 Å². The second-order valence-electron chi connectivity index (χ2n) is 3.72. The fourth-order valence-corrected chi connectivity index (χ4v) is 1.16. The molecule has 72 valence electrons. The van der Waals surface area contributed by atoms with Crippen molar-refractivity contribution in [3.63, 3.8) is 0 Å². The first-order chi connectivity index (χ1) is 6.11. The lowest BCUT2D eigenvalue weighted by molar-refractivity contribution is 0.229. The van der Waals surface area contributed by atoms with Gasteiger partial charge in [-0.3, -0.25) is 0 Å². The standard InChI is InChI=1S/C11H17NO/c1-8(2)10-6-5-7-12-11(10)13-9(3)4/h5-9H,1-4H3. The highest BCUT2D eigenvalue weighted by molar-refractivity contribution is 5.28. The molecule has 1 heterocycles. The van der Waals surface area contributed by atoms with E-state index in [1.54, 1.807) is 6.20 Å². The van der Waals surface area contributed by atoms with Crippen LogP contribution in [0.25, 0.3) is 0 Å². The van der Waals surface area contributed by atoms with E-state index in [1.807, 2.05) is 19.9 Å². The van der Waals surface area contributed by atoms with Crippen LogP contribution in [-0.2, 0) is 0 Å². The number of pyridine rings is 1. The van der Waals surface area contributed by atoms with E-state index in [2.05, 4.69) is 24.9 Å². The molecule has 0 aliphatic carbocycles. The minimum absolute atomic E-state index is 0.187. The average Bonchev–Trinajstić information content (AvgIpc) is 2.03. The summed E-state index contributed by atoms with van der Waals surface area (Å²) in [6.45, 7) is 8.31. The Morgan fingerprint density at radius 2 is 1.92 bits per heavy atom. The molecule has 0 N–H and O–H groups in total. The molecule has 1 aromatic heterocycles. The summed E-state index contributed by atoms with van der Waals surface area (Å²) in [5.74, 6) is 1.23. The van der Waals surface area contributed by atoms with Crippen molar-refractivity contribution in [3.8, 4) is 5.88 Å². The number of nitrogens with zero attached hydrogens (tertiary/aromatic N) is 1. The second kappa shape index (κ2) is 4.26. The van der Waals surface area contributed by atoms with E-state index in [0.29, 0.717) is 5.92 Å². The number of hydrogen-bond donors (Lipinski definition) is 0. The van der Waals surface area contributed by atoms with E-state index < -0.39 is 0 Å². The predicted molar refractivity (Wildman–Crippen MR) is 54.1 cm³/mol. The van der Waals surface area contributed by atoms with Gasteiger partial charge in [0.15, 0.2) is 0 Å². The third-order valence-corrected chi connectivity index (χ3v) is 1.77. The summed E-state index contributed by atoms with van der Waals surface area (Å²) < 4.78 is 5.60. The number of aromatic nitrogens is 1. The van der Waals surface area contributed by atoms with Gasteiger partial charge in [0.05, 0.1) is 6.10 Å². The third-order valence-electron chi connectivity index (χ3n) is 1.77. The maximum absolute atomic E-state index is 5.60. The summed E-state index contributed by atoms with van der Waals surface area (Å²) in [7, 11) is 0. The van der Waals surface area contributed by atoms with E-state index in [0.717, 1.165) is 5.88 Å². The lowest BCUT2D eigenvalue weighted by atomic mass is 10.1. The molecular formula is C11H17NO. The Hall–Kier alpha value is -1.05. The van der Waals surface area contributed by atoms with E-state index >= 15 is 0 Å². The summed E-state index contributed by atoms with van der Waals surface area (Å²) in [6, 6.07) is 4.01. The molecule has 0 aliphatic heterocycles. The van der Waals surface area contributed by atoms with E-state index in [1.165, 1.54) is 5.56 Å². The van der Waals surface area contributed by atoms with Crippen LogP contribution in [0, 0.1) is 0 Å². The van der Waals surface area contributed by atoms with Gasteiger partial charge in [-0.2, -0.15) is 0 Å². The maximum Gasteiger partial charge on any atom is 0.217 e. The summed E-state index contributed by atoms with van der Waals surface area (Å²) in [4.78, 5) is 4.22. The van der Waals surface area contributed by atoms with Crippen molar-refractivity contribution in [2.75, 3.05) is 0 Å². The molecule has 2 heteroatoms. The van der Waals surface area contributed by atoms with Crippen LogP contribution >= 0.6 is 0 Å². The van der Waals surface area contributed by atoms with Crippen LogP contribution in [0.2, 0.25) is 0 Å². The van der Waals surface area contributed by atoms with E-state index in [9.17, 15) is 0 Å². The smallest absolute Gasteiger partial charge is 0.217 e. The SMILES string of the molecule is CC(C)Oc1ncccc1C(C)C. The largest absolute Gasteiger partial charge is 0.475 e. The molecule has 13 heavy (non-hydrogen) atoms. The van der Waals surface area contributed by atoms with Gasteiger partial charge in [0.25, 0.3) is 0 Å². The fraction of sp³-hybridized carbons (Fsp3) is 0.545. The maximum atomic E-state index is 5.60. The Labute approximate surface area is 80.0 Å². The van der Waals surface area contributed by atoms with Crippen molar-refractivity contribution < 1.29 is 4.74 Å². The van der Waals surface area contributed by atoms with Crippen LogP contribution in [0.1, 0.15) is 39.2 Å². The second-order valence-corrected chi connectivity index (χ2v) is 3.72. The van der Waals surface area contributed by atoms with Crippen LogP contribution in [0.5, 0.6) is 5.88 Å². The number of hydrogen-bond acceptors (Lipinski definition) is 2. The average molecular weight is 179 g/mol. The van der Waals surface area contributed by atoms with Crippen molar-refractivity contribution in [1.29, 1.82) is 0 Å². The molecule has 0 radical (unpaired) electrons. The first-order valence-corrected chi connectivity index (χ1v) is 4.73. The fourth-order valence-electron chi connectivity index (χ4n) is 1.16. The molecule has 0 unspecified atom stereocenters. The van der Waals surface area contributed by atoms with Gasteiger partial charge in [0.1, 0.15) is 0 Å². The van der Waals surface area contributed by atoms with Crippen LogP contribution in [0.3, 0.4) is 0 Å². The van der Waals surface area contributed by atoms with Gasteiger partial charge in [0.2, 0.25) is 5.88 Å². The lowest BCUT2D eigenvalue weighted by Gasteiger charge is -2.14. The molecule has 0 atom stereocenters. The van der Waals surface area contributed by atoms with Crippen molar-refractivity contribution in [1.82, 2.24) is 4.98 Å². The number of ether oxygens (including phenoxy) is 1. The molecule has 0 aromatic carbocycles. The summed E-state index contributed by atoms with van der Waals surface area (Å²) in [5.41, 5.74) is 1.18. The Morgan fingerprint density at radius 1 is 1.23 bits per heavy atom. The van der Waals surface area contributed by atoms with Crippen molar-refractivity contribution >= 4 is 0 Å². The molecule has 0 saturated carbocycles. The van der Waals surface area contributed by atoms with Gasteiger partial charge in [-0.25, -0.2) is 4.98 Å². The molecule has 2 nitrogen and oxygen atoms in total. The van der Waals surface area contributed by atoms with E-state index in [-0.39, 0.29) is 6.10 Å². The molecule has 0 aliphatic rings. The van der Waals surface area contributed by atoms with Crippen molar-refractivity contribution in [3.05, 3.63) is 23.9 Å². The zero-order valence-corrected chi connectivity index (χ0v) is 8.74. The molecule has 1 aromatic rings. The Bertz CT molecular complexity index is 269. The van der Waals surface area contributed by atoms with Crippen LogP contribution in [0.15, 0.2) is 18.3 Å². The lowest BCUT2D eigenvalue weighted by Crippen LogP contribution is -2.09. The molecular weight excluding hydrogens is 162 g/mol. The molecule has 1 rings (SSSR count). The van der Waals surface area contributed by atoms with Crippen LogP contribution < -0.4 is 4.74 Å². The van der Waals surface area contributed by atoms with Crippen LogP contribution in [-0.4, -0.2) is 11.1 Å². The summed E-state index contributed by atoms with van der Waals surface area (Å²) in [5, 5.41) is 0. The highest BCUT2D eigenvalue weighted by atomic mass is 16.5. The zero-order valence-electron chi connectivity index (χ0n) is 8.74. The number of rotatable bonds is 3. The summed E-state index contributed by atoms with van der Waals surface area (Å²) in [6.07, 6.45) is 1.95. The van der Waals surface area contributed by atoms with Gasteiger partial charge < -0.3 is 4.74 Å². The van der Waals surface area contributed by atoms with Gasteiger partial charge in [-0.15, -0.1) is 0 Å². The first kappa shape index (κ1) is 10.0. The van der Waals surface area contributed by atoms with Gasteiger partial charge in [0, 0.05) is 11.8 Å². The minimum Gasteiger partial charge on any atom is -0.475 e. The monoisotopic (exact) mass is 179 g/mol. The minimum atomic E-state index is 0.187. The third kappa shape index (κ3) is 2.72. The molecule has 0 amide bonds. The zero-order chi connectivity index (χ0) is 9.84. The highest BCUT2D eigenvalue weighted by Gasteiger charge is 2.08. The van der Waals surface area contributed by atoms with Crippen molar-refractivity contribution in [2.24, 2.45) is 0 Å². The quantitative estimate of drug-likeness (QED) is 0.711. The van der Waals surface area contributed by atoms with Crippen LogP contribution in [0.4, 0.5) is 0 Å².